The number of amides is 1. The number of hydrogen-bond donors (Lipinski definition) is 3. The largest absolute Gasteiger partial charge is 0.462 e. The fourth-order valence-electron chi connectivity index (χ4n) is 8.16. The number of carbonyl (C=O) groups excluding carboxylic acids is 2. The first-order valence-electron chi connectivity index (χ1n) is 27.7. The number of carbonyl (C=O) groups is 2. The van der Waals surface area contributed by atoms with Crippen LogP contribution in [-0.4, -0.2) is 46.9 Å². The zero-order valence-corrected chi connectivity index (χ0v) is 42.9. The lowest BCUT2D eigenvalue weighted by molar-refractivity contribution is -0.151. The van der Waals surface area contributed by atoms with Crippen LogP contribution in [0.5, 0.6) is 0 Å². The van der Waals surface area contributed by atoms with E-state index in [0.717, 1.165) is 83.5 Å². The van der Waals surface area contributed by atoms with Gasteiger partial charge in [-0.05, 0) is 70.6 Å². The predicted molar refractivity (Wildman–Crippen MR) is 282 cm³/mol. The molecule has 6 heteroatoms. The number of allylic oxidation sites excluding steroid dienone is 12. The SMILES string of the molecule is CCC/C=C/C=C/C=C/C=C/C=C/CCCCCC(CC(=O)NC(CO)C(O)CCCCCCCCCCCCCCCCCC)OC(=O)CCCCC/C=C\CCCCCCCCC. The van der Waals surface area contributed by atoms with Gasteiger partial charge in [0.1, 0.15) is 6.10 Å². The van der Waals surface area contributed by atoms with Crippen LogP contribution in [0.2, 0.25) is 0 Å². The molecule has 3 N–H and O–H groups in total. The van der Waals surface area contributed by atoms with Crippen molar-refractivity contribution in [1.29, 1.82) is 0 Å². The summed E-state index contributed by atoms with van der Waals surface area (Å²) in [7, 11) is 0. The molecule has 0 aromatic heterocycles. The summed E-state index contributed by atoms with van der Waals surface area (Å²) in [5.41, 5.74) is 0. The number of aliphatic hydroxyl groups is 2. The molecule has 0 saturated carbocycles. The Balaban J connectivity index is 4.66. The first-order chi connectivity index (χ1) is 32.0. The van der Waals surface area contributed by atoms with Crippen LogP contribution in [-0.2, 0) is 14.3 Å². The van der Waals surface area contributed by atoms with Crippen molar-refractivity contribution in [3.63, 3.8) is 0 Å². The molecule has 0 aliphatic rings. The van der Waals surface area contributed by atoms with Crippen LogP contribution in [0.4, 0.5) is 0 Å². The second kappa shape index (κ2) is 52.3. The summed E-state index contributed by atoms with van der Waals surface area (Å²) in [6.45, 7) is 6.39. The highest BCUT2D eigenvalue weighted by Gasteiger charge is 2.24. The standard InChI is InChI=1S/C59H105NO5/c1-4-7-10-13-16-19-22-25-28-30-32-35-38-41-44-47-50-55(65-59(64)52-49-46-43-40-37-34-27-24-21-18-15-12-9-6-3)53-58(63)60-56(54-61)57(62)51-48-45-42-39-36-33-31-29-26-23-20-17-14-11-8-5-2/h10,13,16,19,22,25,28,30,32,34-35,37,55-57,61-62H,4-9,11-12,14-15,17-18,20-21,23-24,26-27,29,31,33,36,38-54H2,1-3H3,(H,60,63)/b13-10+,19-16+,25-22+,30-28+,35-32+,37-34-. The lowest BCUT2D eigenvalue weighted by Crippen LogP contribution is -2.46. The molecule has 0 radical (unpaired) electrons. The fraction of sp³-hybridized carbons (Fsp3) is 0.763. The highest BCUT2D eigenvalue weighted by molar-refractivity contribution is 5.77. The van der Waals surface area contributed by atoms with E-state index in [-0.39, 0.29) is 24.9 Å². The lowest BCUT2D eigenvalue weighted by atomic mass is 10.0. The minimum atomic E-state index is -0.805. The molecule has 0 bridgehead atoms. The third kappa shape index (κ3) is 47.6. The molecule has 0 fully saturated rings. The van der Waals surface area contributed by atoms with Crippen LogP contribution in [0.15, 0.2) is 72.9 Å². The van der Waals surface area contributed by atoms with Crippen LogP contribution < -0.4 is 5.32 Å². The third-order valence-electron chi connectivity index (χ3n) is 12.4. The summed E-state index contributed by atoms with van der Waals surface area (Å²) < 4.78 is 5.92. The van der Waals surface area contributed by atoms with Gasteiger partial charge in [0, 0.05) is 6.42 Å². The molecule has 0 aliphatic heterocycles. The van der Waals surface area contributed by atoms with Crippen molar-refractivity contribution < 1.29 is 24.5 Å². The Bertz CT molecular complexity index is 1200. The molecule has 0 aliphatic carbocycles. The zero-order valence-electron chi connectivity index (χ0n) is 42.9. The molecular weight excluding hydrogens is 803 g/mol. The molecule has 0 heterocycles. The molecule has 1 amide bonds. The minimum Gasteiger partial charge on any atom is -0.462 e. The Morgan fingerprint density at radius 2 is 0.831 bits per heavy atom. The number of rotatable bonds is 49. The molecule has 65 heavy (non-hydrogen) atoms. The van der Waals surface area contributed by atoms with E-state index in [1.54, 1.807) is 0 Å². The number of esters is 1. The molecule has 3 unspecified atom stereocenters. The molecule has 0 aromatic rings. The maximum absolute atomic E-state index is 13.2. The maximum atomic E-state index is 13.2. The molecule has 3 atom stereocenters. The van der Waals surface area contributed by atoms with Crippen molar-refractivity contribution in [2.24, 2.45) is 0 Å². The van der Waals surface area contributed by atoms with Gasteiger partial charge in [0.15, 0.2) is 0 Å². The zero-order chi connectivity index (χ0) is 47.4. The van der Waals surface area contributed by atoms with Gasteiger partial charge < -0.3 is 20.3 Å². The van der Waals surface area contributed by atoms with Gasteiger partial charge in [-0.1, -0.05) is 254 Å². The van der Waals surface area contributed by atoms with E-state index in [1.165, 1.54) is 135 Å². The Morgan fingerprint density at radius 3 is 1.31 bits per heavy atom. The Kier molecular flexibility index (Phi) is 50.1. The molecular formula is C59H105NO5. The molecule has 6 nitrogen and oxygen atoms in total. The van der Waals surface area contributed by atoms with Gasteiger partial charge in [0.25, 0.3) is 0 Å². The molecule has 376 valence electrons. The minimum absolute atomic E-state index is 0.0416. The highest BCUT2D eigenvalue weighted by atomic mass is 16.5. The Hall–Kier alpha value is -2.70. The maximum Gasteiger partial charge on any atom is 0.306 e. The van der Waals surface area contributed by atoms with Crippen LogP contribution in [0.3, 0.4) is 0 Å². The van der Waals surface area contributed by atoms with Crippen molar-refractivity contribution in [3.8, 4) is 0 Å². The van der Waals surface area contributed by atoms with Gasteiger partial charge in [-0.3, -0.25) is 9.59 Å². The van der Waals surface area contributed by atoms with Crippen LogP contribution in [0.25, 0.3) is 0 Å². The van der Waals surface area contributed by atoms with Crippen LogP contribution >= 0.6 is 0 Å². The van der Waals surface area contributed by atoms with Crippen molar-refractivity contribution >= 4 is 11.9 Å². The van der Waals surface area contributed by atoms with E-state index in [1.807, 2.05) is 36.5 Å². The summed E-state index contributed by atoms with van der Waals surface area (Å²) in [6.07, 6.45) is 66.7. The van der Waals surface area contributed by atoms with Crippen molar-refractivity contribution in [2.45, 2.75) is 283 Å². The van der Waals surface area contributed by atoms with Crippen LogP contribution in [0.1, 0.15) is 265 Å². The average Bonchev–Trinajstić information content (AvgIpc) is 3.30. The smallest absolute Gasteiger partial charge is 0.306 e. The molecule has 0 spiro atoms. The second-order valence-electron chi connectivity index (χ2n) is 18.8. The summed E-state index contributed by atoms with van der Waals surface area (Å²) in [5.74, 6) is -0.532. The first-order valence-corrected chi connectivity index (χ1v) is 27.7. The van der Waals surface area contributed by atoms with E-state index in [9.17, 15) is 19.8 Å². The number of nitrogens with one attached hydrogen (secondary N) is 1. The van der Waals surface area contributed by atoms with Gasteiger partial charge in [-0.2, -0.15) is 0 Å². The quantitative estimate of drug-likeness (QED) is 0.0245. The summed E-state index contributed by atoms with van der Waals surface area (Å²) >= 11 is 0. The van der Waals surface area contributed by atoms with Gasteiger partial charge in [0.05, 0.1) is 25.2 Å². The highest BCUT2D eigenvalue weighted by Crippen LogP contribution is 2.18. The van der Waals surface area contributed by atoms with E-state index >= 15 is 0 Å². The summed E-state index contributed by atoms with van der Waals surface area (Å²) in [6, 6.07) is -0.722. The first kappa shape index (κ1) is 62.3. The Labute approximate surface area is 402 Å². The monoisotopic (exact) mass is 908 g/mol. The fourth-order valence-corrected chi connectivity index (χ4v) is 8.16. The van der Waals surface area contributed by atoms with Gasteiger partial charge >= 0.3 is 5.97 Å². The number of ether oxygens (including phenoxy) is 1. The number of unbranched alkanes of at least 4 members (excludes halogenated alkanes) is 29. The average molecular weight is 908 g/mol. The second-order valence-corrected chi connectivity index (χ2v) is 18.8. The predicted octanol–water partition coefficient (Wildman–Crippen LogP) is 17.0. The van der Waals surface area contributed by atoms with Gasteiger partial charge in [-0.25, -0.2) is 0 Å². The van der Waals surface area contributed by atoms with E-state index < -0.39 is 18.2 Å². The molecule has 0 saturated heterocycles. The summed E-state index contributed by atoms with van der Waals surface area (Å²) in [5, 5.41) is 23.8. The molecule has 0 aromatic carbocycles. The van der Waals surface area contributed by atoms with Crippen molar-refractivity contribution in [3.05, 3.63) is 72.9 Å². The number of hydrogen-bond acceptors (Lipinski definition) is 5. The van der Waals surface area contributed by atoms with Gasteiger partial charge in [-0.15, -0.1) is 0 Å². The summed E-state index contributed by atoms with van der Waals surface area (Å²) in [4.78, 5) is 26.2. The van der Waals surface area contributed by atoms with E-state index in [0.29, 0.717) is 19.3 Å². The van der Waals surface area contributed by atoms with E-state index in [2.05, 4.69) is 62.5 Å². The van der Waals surface area contributed by atoms with Crippen LogP contribution in [0, 0.1) is 0 Å². The third-order valence-corrected chi connectivity index (χ3v) is 12.4. The lowest BCUT2D eigenvalue weighted by Gasteiger charge is -2.24. The normalized spacial score (nSPS) is 13.7. The Morgan fingerprint density at radius 1 is 0.446 bits per heavy atom. The molecule has 0 rings (SSSR count). The van der Waals surface area contributed by atoms with Crippen molar-refractivity contribution in [2.75, 3.05) is 6.61 Å². The van der Waals surface area contributed by atoms with Crippen molar-refractivity contribution in [1.82, 2.24) is 5.32 Å². The van der Waals surface area contributed by atoms with E-state index in [4.69, 9.17) is 4.74 Å². The topological polar surface area (TPSA) is 95.9 Å². The number of aliphatic hydroxyl groups excluding tert-OH is 2. The van der Waals surface area contributed by atoms with Gasteiger partial charge in [0.2, 0.25) is 5.91 Å².